The zero-order valence-corrected chi connectivity index (χ0v) is 9.15. The van der Waals surface area contributed by atoms with Crippen LogP contribution in [-0.4, -0.2) is 20.2 Å². The van der Waals surface area contributed by atoms with Gasteiger partial charge in [-0.1, -0.05) is 0 Å². The van der Waals surface area contributed by atoms with E-state index >= 15 is 0 Å². The topological polar surface area (TPSA) is 47.3 Å². The summed E-state index contributed by atoms with van der Waals surface area (Å²) in [6, 6.07) is 1.80. The lowest BCUT2D eigenvalue weighted by molar-refractivity contribution is -0.116. The lowest BCUT2D eigenvalue weighted by Crippen LogP contribution is -1.97. The van der Waals surface area contributed by atoms with Crippen LogP contribution in [0.5, 0.6) is 0 Å². The van der Waals surface area contributed by atoms with Crippen LogP contribution in [0.15, 0.2) is 23.2 Å². The van der Waals surface area contributed by atoms with Gasteiger partial charge in [0, 0.05) is 6.20 Å². The third kappa shape index (κ3) is 1.55. The maximum absolute atomic E-state index is 11.0. The van der Waals surface area contributed by atoms with Gasteiger partial charge in [0.05, 0.1) is 12.1 Å². The fraction of sp³-hybridized carbons (Fsp3) is 0.222. The maximum Gasteiger partial charge on any atom is 0.140 e. The van der Waals surface area contributed by atoms with Crippen LogP contribution in [0.2, 0.25) is 0 Å². The van der Waals surface area contributed by atoms with Crippen LogP contribution in [0.25, 0.3) is 5.65 Å². The molecule has 72 valence electrons. The molecule has 0 unspecified atom stereocenters. The molecular weight excluding hydrogens is 246 g/mol. The summed E-state index contributed by atoms with van der Waals surface area (Å²) in [6.45, 7) is 1.55. The van der Waals surface area contributed by atoms with Gasteiger partial charge in [-0.05, 0) is 28.9 Å². The molecule has 0 N–H and O–H groups in total. The number of fused-ring (bicyclic) bond motifs is 1. The van der Waals surface area contributed by atoms with Gasteiger partial charge < -0.3 is 0 Å². The quantitative estimate of drug-likeness (QED) is 0.818. The fourth-order valence-corrected chi connectivity index (χ4v) is 1.77. The van der Waals surface area contributed by atoms with E-state index in [9.17, 15) is 4.79 Å². The minimum Gasteiger partial charge on any atom is -0.300 e. The predicted octanol–water partition coefficient (Wildman–Crippen LogP) is 1.62. The molecule has 0 aromatic carbocycles. The van der Waals surface area contributed by atoms with Crippen LogP contribution in [0.4, 0.5) is 0 Å². The van der Waals surface area contributed by atoms with E-state index in [4.69, 9.17) is 0 Å². The highest BCUT2D eigenvalue weighted by atomic mass is 79.9. The average molecular weight is 254 g/mol. The van der Waals surface area contributed by atoms with E-state index < -0.39 is 0 Å². The number of hydrogen-bond donors (Lipinski definition) is 0. The Kier molecular flexibility index (Phi) is 2.33. The molecule has 14 heavy (non-hydrogen) atoms. The number of nitrogens with zero attached hydrogens (tertiary/aromatic N) is 3. The monoisotopic (exact) mass is 253 g/mol. The van der Waals surface area contributed by atoms with Crippen LogP contribution in [0.1, 0.15) is 12.6 Å². The number of ketones is 1. The van der Waals surface area contributed by atoms with Crippen molar-refractivity contribution < 1.29 is 4.79 Å². The van der Waals surface area contributed by atoms with Gasteiger partial charge in [0.2, 0.25) is 0 Å². The first kappa shape index (κ1) is 9.33. The highest BCUT2D eigenvalue weighted by Crippen LogP contribution is 2.18. The molecule has 2 aromatic heterocycles. The molecule has 0 spiro atoms. The van der Waals surface area contributed by atoms with Crippen molar-refractivity contribution in [3.63, 3.8) is 0 Å². The molecule has 0 saturated carbocycles. The van der Waals surface area contributed by atoms with Crippen molar-refractivity contribution in [2.75, 3.05) is 0 Å². The number of halogens is 1. The zero-order valence-electron chi connectivity index (χ0n) is 7.57. The number of carbonyl (C=O) groups excluding carboxylic acids is 1. The number of hydrogen-bond acceptors (Lipinski definition) is 3. The third-order valence-corrected chi connectivity index (χ3v) is 2.69. The standard InChI is InChI=1S/C9H8BrN3O/c1-6(14)4-7-9(10)13-5-11-3-2-8(13)12-7/h2-3,5H,4H2,1H3. The molecule has 2 heterocycles. The third-order valence-electron chi connectivity index (χ3n) is 1.85. The van der Waals surface area contributed by atoms with Gasteiger partial charge in [-0.2, -0.15) is 0 Å². The van der Waals surface area contributed by atoms with Gasteiger partial charge in [-0.3, -0.25) is 9.20 Å². The van der Waals surface area contributed by atoms with Crippen molar-refractivity contribution in [3.05, 3.63) is 28.9 Å². The van der Waals surface area contributed by atoms with E-state index in [0.717, 1.165) is 15.9 Å². The Balaban J connectivity index is 2.57. The van der Waals surface area contributed by atoms with Crippen LogP contribution in [0, 0.1) is 0 Å². The van der Waals surface area contributed by atoms with E-state index in [1.165, 1.54) is 0 Å². The average Bonchev–Trinajstić information content (AvgIpc) is 2.44. The van der Waals surface area contributed by atoms with Gasteiger partial charge in [-0.15, -0.1) is 0 Å². The number of Topliss-reactive ketones (excluding diaryl/α,β-unsaturated/α-hetero) is 1. The Labute approximate surface area is 89.1 Å². The molecule has 0 amide bonds. The van der Waals surface area contributed by atoms with Crippen molar-refractivity contribution in [2.45, 2.75) is 13.3 Å². The Bertz CT molecular complexity index is 492. The first-order valence-electron chi connectivity index (χ1n) is 4.14. The minimum atomic E-state index is 0.0991. The Morgan fingerprint density at radius 1 is 1.64 bits per heavy atom. The van der Waals surface area contributed by atoms with E-state index in [1.54, 1.807) is 29.9 Å². The fourth-order valence-electron chi connectivity index (χ4n) is 1.27. The van der Waals surface area contributed by atoms with Gasteiger partial charge in [0.25, 0.3) is 0 Å². The van der Waals surface area contributed by atoms with Crippen LogP contribution in [0.3, 0.4) is 0 Å². The summed E-state index contributed by atoms with van der Waals surface area (Å²) in [5.41, 5.74) is 1.55. The molecule has 0 aliphatic carbocycles. The normalized spacial score (nSPS) is 10.7. The first-order chi connectivity index (χ1) is 6.68. The molecule has 5 heteroatoms. The lowest BCUT2D eigenvalue weighted by Gasteiger charge is -1.92. The maximum atomic E-state index is 11.0. The molecule has 0 saturated heterocycles. The Morgan fingerprint density at radius 2 is 2.43 bits per heavy atom. The first-order valence-corrected chi connectivity index (χ1v) is 4.93. The second-order valence-corrected chi connectivity index (χ2v) is 3.79. The zero-order chi connectivity index (χ0) is 10.1. The summed E-state index contributed by atoms with van der Waals surface area (Å²) < 4.78 is 2.61. The molecule has 0 radical (unpaired) electrons. The minimum absolute atomic E-state index is 0.0991. The Morgan fingerprint density at radius 3 is 3.07 bits per heavy atom. The van der Waals surface area contributed by atoms with E-state index in [1.807, 2.05) is 0 Å². The van der Waals surface area contributed by atoms with E-state index in [0.29, 0.717) is 6.42 Å². The van der Waals surface area contributed by atoms with Gasteiger partial charge in [0.1, 0.15) is 22.4 Å². The van der Waals surface area contributed by atoms with E-state index in [2.05, 4.69) is 25.9 Å². The van der Waals surface area contributed by atoms with Crippen molar-refractivity contribution in [1.29, 1.82) is 0 Å². The largest absolute Gasteiger partial charge is 0.300 e. The lowest BCUT2D eigenvalue weighted by atomic mass is 10.2. The Hall–Kier alpha value is -1.23. The van der Waals surface area contributed by atoms with Crippen molar-refractivity contribution in [3.8, 4) is 0 Å². The smallest absolute Gasteiger partial charge is 0.140 e. The summed E-state index contributed by atoms with van der Waals surface area (Å²) in [7, 11) is 0. The molecule has 0 bridgehead atoms. The summed E-state index contributed by atoms with van der Waals surface area (Å²) in [4.78, 5) is 19.2. The van der Waals surface area contributed by atoms with Crippen LogP contribution in [-0.2, 0) is 11.2 Å². The second-order valence-electron chi connectivity index (χ2n) is 3.04. The highest BCUT2D eigenvalue weighted by molar-refractivity contribution is 9.10. The van der Waals surface area contributed by atoms with Crippen molar-refractivity contribution >= 4 is 27.4 Å². The number of carbonyl (C=O) groups is 1. The van der Waals surface area contributed by atoms with Crippen LogP contribution >= 0.6 is 15.9 Å². The number of aromatic nitrogens is 3. The van der Waals surface area contributed by atoms with Gasteiger partial charge >= 0.3 is 0 Å². The van der Waals surface area contributed by atoms with Crippen molar-refractivity contribution in [1.82, 2.24) is 14.4 Å². The number of imidazole rings is 1. The molecule has 2 rings (SSSR count). The summed E-state index contributed by atoms with van der Waals surface area (Å²) >= 11 is 3.39. The molecule has 2 aromatic rings. The SMILES string of the molecule is CC(=O)Cc1nc2ccncn2c1Br. The number of rotatable bonds is 2. The summed E-state index contributed by atoms with van der Waals surface area (Å²) in [6.07, 6.45) is 3.69. The molecule has 0 aliphatic heterocycles. The molecule has 0 atom stereocenters. The molecule has 0 aliphatic rings. The molecule has 0 fully saturated rings. The molecule has 4 nitrogen and oxygen atoms in total. The van der Waals surface area contributed by atoms with Gasteiger partial charge in [0.15, 0.2) is 0 Å². The second kappa shape index (κ2) is 3.49. The molecular formula is C9H8BrN3O. The van der Waals surface area contributed by atoms with Crippen LogP contribution < -0.4 is 0 Å². The summed E-state index contributed by atoms with van der Waals surface area (Å²) in [5.74, 6) is 0.0991. The highest BCUT2D eigenvalue weighted by Gasteiger charge is 2.10. The van der Waals surface area contributed by atoms with Crippen molar-refractivity contribution in [2.24, 2.45) is 0 Å². The predicted molar refractivity (Wildman–Crippen MR) is 55.1 cm³/mol. The van der Waals surface area contributed by atoms with Gasteiger partial charge in [-0.25, -0.2) is 9.97 Å². The summed E-state index contributed by atoms with van der Waals surface area (Å²) in [5, 5.41) is 0. The van der Waals surface area contributed by atoms with E-state index in [-0.39, 0.29) is 5.78 Å².